The molecular weight excluding hydrogens is 879 g/mol. The minimum atomic E-state index is 0.590. The van der Waals surface area contributed by atoms with Crippen LogP contribution in [-0.4, -0.2) is 15.0 Å². The summed E-state index contributed by atoms with van der Waals surface area (Å²) < 4.78 is 11.8. The molecule has 4 heterocycles. The van der Waals surface area contributed by atoms with Crippen molar-refractivity contribution in [1.29, 1.82) is 0 Å². The molecule has 0 radical (unpaired) electrons. The van der Waals surface area contributed by atoms with Crippen LogP contribution in [0.3, 0.4) is 0 Å². The predicted molar refractivity (Wildman–Crippen MR) is 293 cm³/mol. The van der Waals surface area contributed by atoms with Crippen molar-refractivity contribution in [2.24, 2.45) is 0 Å². The zero-order chi connectivity index (χ0) is 45.2. The van der Waals surface area contributed by atoms with E-state index in [4.69, 9.17) is 19.4 Å². The van der Waals surface area contributed by atoms with E-state index in [-0.39, 0.29) is 0 Å². The van der Waals surface area contributed by atoms with Crippen molar-refractivity contribution in [2.45, 2.75) is 0 Å². The standard InChI is InChI=1S/C63H35N3OS2/c1-2-13-36(14-3-1)61-64-62(39-28-30-46-44-17-5-4-15-42(44)43-16-6-7-18-45(43)50(46)34-39)66-63(65-61)49-22-10-23-53-58(49)51-33-37(29-32-52(51)67-53)40-20-11-25-55-59(40)60-41(21-12-26-56(60)69-55)38-27-31-48-47-19-8-9-24-54(47)68-57(48)35-38/h1-35H. The van der Waals surface area contributed by atoms with E-state index in [1.807, 2.05) is 53.0 Å². The monoisotopic (exact) mass is 913 g/mol. The van der Waals surface area contributed by atoms with Gasteiger partial charge in [-0.2, -0.15) is 0 Å². The van der Waals surface area contributed by atoms with Gasteiger partial charge in [-0.25, -0.2) is 15.0 Å². The number of thiophene rings is 2. The van der Waals surface area contributed by atoms with Crippen molar-refractivity contribution in [3.8, 4) is 56.4 Å². The average molecular weight is 914 g/mol. The van der Waals surface area contributed by atoms with Crippen LogP contribution in [0.1, 0.15) is 0 Å². The van der Waals surface area contributed by atoms with Gasteiger partial charge in [0.05, 0.1) is 0 Å². The molecule has 15 rings (SSSR count). The summed E-state index contributed by atoms with van der Waals surface area (Å²) >= 11 is 3.72. The molecule has 0 aliphatic heterocycles. The molecule has 0 unspecified atom stereocenters. The first-order valence-electron chi connectivity index (χ1n) is 23.2. The van der Waals surface area contributed by atoms with Crippen molar-refractivity contribution >= 4 is 117 Å². The molecule has 0 saturated carbocycles. The molecule has 4 aromatic heterocycles. The highest BCUT2D eigenvalue weighted by Gasteiger charge is 2.21. The molecule has 320 valence electrons. The number of aromatic nitrogens is 3. The summed E-state index contributed by atoms with van der Waals surface area (Å²) in [6.07, 6.45) is 0. The summed E-state index contributed by atoms with van der Waals surface area (Å²) in [7, 11) is 0. The number of nitrogens with zero attached hydrogens (tertiary/aromatic N) is 3. The normalized spacial score (nSPS) is 12.1. The second kappa shape index (κ2) is 15.0. The van der Waals surface area contributed by atoms with Gasteiger partial charge in [-0.15, -0.1) is 22.7 Å². The Morgan fingerprint density at radius 2 is 0.754 bits per heavy atom. The lowest BCUT2D eigenvalue weighted by Crippen LogP contribution is -2.00. The number of hydrogen-bond donors (Lipinski definition) is 0. The molecular formula is C63H35N3OS2. The van der Waals surface area contributed by atoms with Crippen LogP contribution in [0.2, 0.25) is 0 Å². The summed E-state index contributed by atoms with van der Waals surface area (Å²) in [4.78, 5) is 15.8. The van der Waals surface area contributed by atoms with Gasteiger partial charge in [-0.1, -0.05) is 164 Å². The molecule has 15 aromatic rings. The summed E-state index contributed by atoms with van der Waals surface area (Å²) in [5.41, 5.74) is 9.12. The van der Waals surface area contributed by atoms with E-state index in [1.165, 1.54) is 89.4 Å². The minimum Gasteiger partial charge on any atom is -0.456 e. The third kappa shape index (κ3) is 5.96. The van der Waals surface area contributed by atoms with Gasteiger partial charge in [0.2, 0.25) is 0 Å². The maximum atomic E-state index is 6.67. The fourth-order valence-electron chi connectivity index (χ4n) is 10.8. The van der Waals surface area contributed by atoms with Gasteiger partial charge in [0.15, 0.2) is 17.5 Å². The largest absolute Gasteiger partial charge is 0.456 e. The first-order valence-corrected chi connectivity index (χ1v) is 24.8. The number of hydrogen-bond acceptors (Lipinski definition) is 6. The minimum absolute atomic E-state index is 0.590. The number of furan rings is 1. The van der Waals surface area contributed by atoms with E-state index in [2.05, 4.69) is 182 Å². The summed E-state index contributed by atoms with van der Waals surface area (Å²) in [6, 6.07) is 76.1. The Labute approximate surface area is 403 Å². The van der Waals surface area contributed by atoms with Crippen LogP contribution in [0.4, 0.5) is 0 Å². The molecule has 0 spiro atoms. The first kappa shape index (κ1) is 38.5. The third-order valence-corrected chi connectivity index (χ3v) is 16.2. The van der Waals surface area contributed by atoms with Gasteiger partial charge < -0.3 is 4.42 Å². The van der Waals surface area contributed by atoms with Crippen LogP contribution in [-0.2, 0) is 0 Å². The SMILES string of the molecule is c1ccc(-c2nc(-c3ccc4c5ccccc5c5ccccc5c4c3)nc(-c3cccc4oc5ccc(-c6cccc7sc8cccc(-c9ccc%10c(c9)sc9ccccc9%10)c8c67)cc5c34)n2)cc1. The molecule has 0 aliphatic rings. The number of rotatable bonds is 5. The van der Waals surface area contributed by atoms with E-state index in [0.717, 1.165) is 44.2 Å². The third-order valence-electron chi connectivity index (χ3n) is 13.9. The van der Waals surface area contributed by atoms with E-state index in [0.29, 0.717) is 17.5 Å². The zero-order valence-electron chi connectivity index (χ0n) is 36.8. The number of benzene rings is 11. The lowest BCUT2D eigenvalue weighted by molar-refractivity contribution is 0.669. The van der Waals surface area contributed by atoms with Gasteiger partial charge in [-0.05, 0) is 103 Å². The quantitative estimate of drug-likeness (QED) is 0.161. The fourth-order valence-corrected chi connectivity index (χ4v) is 13.1. The van der Waals surface area contributed by atoms with Crippen LogP contribution >= 0.6 is 22.7 Å². The summed E-state index contributed by atoms with van der Waals surface area (Å²) in [6.45, 7) is 0. The van der Waals surface area contributed by atoms with Crippen molar-refractivity contribution in [2.75, 3.05) is 0 Å². The van der Waals surface area contributed by atoms with Gasteiger partial charge in [0.1, 0.15) is 11.2 Å². The fraction of sp³-hybridized carbons (Fsp3) is 0. The second-order valence-corrected chi connectivity index (χ2v) is 20.0. The zero-order valence-corrected chi connectivity index (χ0v) is 38.4. The molecule has 0 N–H and O–H groups in total. The Hall–Kier alpha value is -8.55. The second-order valence-electron chi connectivity index (χ2n) is 17.8. The first-order chi connectivity index (χ1) is 34.2. The van der Waals surface area contributed by atoms with Crippen LogP contribution in [0.25, 0.3) is 151 Å². The summed E-state index contributed by atoms with van der Waals surface area (Å²) in [5.74, 6) is 1.82. The highest BCUT2D eigenvalue weighted by Crippen LogP contribution is 2.47. The van der Waals surface area contributed by atoms with Gasteiger partial charge >= 0.3 is 0 Å². The molecule has 69 heavy (non-hydrogen) atoms. The Kier molecular flexibility index (Phi) is 8.37. The summed E-state index contributed by atoms with van der Waals surface area (Å²) in [5, 5.41) is 14.4. The van der Waals surface area contributed by atoms with Gasteiger partial charge in [0.25, 0.3) is 0 Å². The highest BCUT2D eigenvalue weighted by molar-refractivity contribution is 7.26. The van der Waals surface area contributed by atoms with Gasteiger partial charge in [0, 0.05) is 67.8 Å². The molecule has 4 nitrogen and oxygen atoms in total. The Morgan fingerprint density at radius 1 is 0.261 bits per heavy atom. The molecule has 0 saturated heterocycles. The molecule has 0 fully saturated rings. The van der Waals surface area contributed by atoms with Crippen LogP contribution in [0, 0.1) is 0 Å². The van der Waals surface area contributed by atoms with Crippen LogP contribution in [0.5, 0.6) is 0 Å². The molecule has 0 aliphatic carbocycles. The molecule has 0 bridgehead atoms. The van der Waals surface area contributed by atoms with Crippen molar-refractivity contribution in [3.05, 3.63) is 212 Å². The van der Waals surface area contributed by atoms with Crippen LogP contribution in [0.15, 0.2) is 217 Å². The maximum Gasteiger partial charge on any atom is 0.164 e. The van der Waals surface area contributed by atoms with E-state index < -0.39 is 0 Å². The molecule has 0 amide bonds. The van der Waals surface area contributed by atoms with Crippen molar-refractivity contribution in [3.63, 3.8) is 0 Å². The number of fused-ring (bicyclic) bond motifs is 15. The van der Waals surface area contributed by atoms with E-state index in [9.17, 15) is 0 Å². The lowest BCUT2D eigenvalue weighted by atomic mass is 9.93. The van der Waals surface area contributed by atoms with Crippen LogP contribution < -0.4 is 0 Å². The highest BCUT2D eigenvalue weighted by atomic mass is 32.1. The lowest BCUT2D eigenvalue weighted by Gasteiger charge is -2.13. The Bertz CT molecular complexity index is 4590. The van der Waals surface area contributed by atoms with E-state index >= 15 is 0 Å². The molecule has 6 heteroatoms. The Balaban J connectivity index is 0.919. The topological polar surface area (TPSA) is 51.8 Å². The molecule has 0 atom stereocenters. The van der Waals surface area contributed by atoms with Gasteiger partial charge in [-0.3, -0.25) is 0 Å². The predicted octanol–water partition coefficient (Wildman–Crippen LogP) is 18.3. The smallest absolute Gasteiger partial charge is 0.164 e. The molecule has 11 aromatic carbocycles. The average Bonchev–Trinajstić information content (AvgIpc) is 4.12. The Morgan fingerprint density at radius 3 is 1.49 bits per heavy atom. The van der Waals surface area contributed by atoms with E-state index in [1.54, 1.807) is 0 Å². The van der Waals surface area contributed by atoms with Crippen molar-refractivity contribution in [1.82, 2.24) is 15.0 Å². The maximum absolute atomic E-state index is 6.67. The van der Waals surface area contributed by atoms with Crippen molar-refractivity contribution < 1.29 is 4.42 Å².